The van der Waals surface area contributed by atoms with Crippen LogP contribution in [-0.2, 0) is 6.54 Å². The average molecular weight is 399 g/mol. The van der Waals surface area contributed by atoms with Crippen molar-refractivity contribution in [3.05, 3.63) is 21.9 Å². The van der Waals surface area contributed by atoms with Crippen LogP contribution in [0.2, 0.25) is 6.82 Å². The third kappa shape index (κ3) is 3.17. The third-order valence-electron chi connectivity index (χ3n) is 4.98. The Kier molecular flexibility index (Phi) is 4.49. The fourth-order valence-corrected chi connectivity index (χ4v) is 3.77. The fourth-order valence-electron chi connectivity index (χ4n) is 3.38. The van der Waals surface area contributed by atoms with Gasteiger partial charge in [0.2, 0.25) is 0 Å². The largest absolute Gasteiger partial charge is 0.489 e. The molecular formula is C16H21BBrFN2O3. The molecule has 0 amide bonds. The molecule has 1 N–H and O–H groups in total. The molecule has 2 aliphatic heterocycles. The molecule has 1 aromatic rings. The molecule has 1 saturated carbocycles. The van der Waals surface area contributed by atoms with Crippen LogP contribution in [0.5, 0.6) is 11.5 Å². The number of benzene rings is 1. The van der Waals surface area contributed by atoms with E-state index >= 15 is 0 Å². The van der Waals surface area contributed by atoms with E-state index in [-0.39, 0.29) is 18.0 Å². The quantitative estimate of drug-likeness (QED) is 0.790. The first-order chi connectivity index (χ1) is 11.5. The first-order valence-electron chi connectivity index (χ1n) is 8.49. The Morgan fingerprint density at radius 1 is 1.42 bits per heavy atom. The number of hydrogen-bond donors (Lipinski definition) is 1. The lowest BCUT2D eigenvalue weighted by Crippen LogP contribution is -2.57. The van der Waals surface area contributed by atoms with Gasteiger partial charge < -0.3 is 19.3 Å². The van der Waals surface area contributed by atoms with Gasteiger partial charge in [0.25, 0.3) is 0 Å². The van der Waals surface area contributed by atoms with Crippen LogP contribution in [0, 0.1) is 5.82 Å². The van der Waals surface area contributed by atoms with E-state index in [1.807, 2.05) is 10.9 Å². The van der Waals surface area contributed by atoms with Gasteiger partial charge in [0.15, 0.2) is 11.6 Å². The van der Waals surface area contributed by atoms with E-state index in [9.17, 15) is 9.41 Å². The predicted octanol–water partition coefficient (Wildman–Crippen LogP) is 2.12. The van der Waals surface area contributed by atoms with Crippen molar-refractivity contribution in [1.29, 1.82) is 0 Å². The summed E-state index contributed by atoms with van der Waals surface area (Å²) < 4.78 is 26.8. The van der Waals surface area contributed by atoms with Gasteiger partial charge >= 0.3 is 7.05 Å². The van der Waals surface area contributed by atoms with Gasteiger partial charge in [-0.3, -0.25) is 4.90 Å². The van der Waals surface area contributed by atoms with Crippen LogP contribution >= 0.6 is 15.9 Å². The highest BCUT2D eigenvalue weighted by molar-refractivity contribution is 9.10. The summed E-state index contributed by atoms with van der Waals surface area (Å²) in [4.78, 5) is 4.33. The molecule has 4 rings (SSSR count). The molecule has 0 unspecified atom stereocenters. The summed E-state index contributed by atoms with van der Waals surface area (Å²) in [5.74, 6) is 0.511. The highest BCUT2D eigenvalue weighted by Crippen LogP contribution is 2.41. The van der Waals surface area contributed by atoms with Gasteiger partial charge in [-0.2, -0.15) is 0 Å². The van der Waals surface area contributed by atoms with E-state index in [1.54, 1.807) is 6.82 Å². The third-order valence-corrected chi connectivity index (χ3v) is 5.72. The van der Waals surface area contributed by atoms with E-state index < -0.39 is 7.05 Å². The molecule has 2 fully saturated rings. The molecule has 1 aromatic carbocycles. The SMILES string of the molecule is CB(O)N1CCN2Cc3cc(OC4CC4)c(Br)c(F)c3OC[C@H]2C1. The summed E-state index contributed by atoms with van der Waals surface area (Å²) in [6.45, 7) is 5.18. The molecule has 1 saturated heterocycles. The first-order valence-corrected chi connectivity index (χ1v) is 9.28. The summed E-state index contributed by atoms with van der Waals surface area (Å²) in [5, 5.41) is 9.80. The number of fused-ring (bicyclic) bond motifs is 2. The van der Waals surface area contributed by atoms with E-state index in [0.717, 1.165) is 38.0 Å². The number of nitrogens with zero attached hydrogens (tertiary/aromatic N) is 2. The number of ether oxygens (including phenoxy) is 2. The van der Waals surface area contributed by atoms with Crippen LogP contribution in [0.25, 0.3) is 0 Å². The van der Waals surface area contributed by atoms with Crippen molar-refractivity contribution in [3.8, 4) is 11.5 Å². The summed E-state index contributed by atoms with van der Waals surface area (Å²) in [5.41, 5.74) is 0.833. The number of rotatable bonds is 3. The summed E-state index contributed by atoms with van der Waals surface area (Å²) >= 11 is 3.31. The molecule has 1 atom stereocenters. The van der Waals surface area contributed by atoms with Crippen LogP contribution < -0.4 is 9.47 Å². The summed E-state index contributed by atoms with van der Waals surface area (Å²) in [6.07, 6.45) is 2.28. The van der Waals surface area contributed by atoms with Gasteiger partial charge in [-0.05, 0) is 41.7 Å². The molecule has 130 valence electrons. The Bertz CT molecular complexity index is 644. The Balaban J connectivity index is 1.59. The number of piperazine rings is 1. The van der Waals surface area contributed by atoms with Crippen molar-refractivity contribution in [1.82, 2.24) is 9.71 Å². The van der Waals surface area contributed by atoms with E-state index in [0.29, 0.717) is 29.1 Å². The predicted molar refractivity (Wildman–Crippen MR) is 92.9 cm³/mol. The van der Waals surface area contributed by atoms with Crippen LogP contribution in [0.15, 0.2) is 10.5 Å². The smallest absolute Gasteiger partial charge is 0.376 e. The lowest BCUT2D eigenvalue weighted by atomic mass is 9.83. The minimum Gasteiger partial charge on any atom is -0.489 e. The highest BCUT2D eigenvalue weighted by atomic mass is 79.9. The second-order valence-electron chi connectivity index (χ2n) is 6.87. The second kappa shape index (κ2) is 6.48. The van der Waals surface area contributed by atoms with Gasteiger partial charge in [-0.1, -0.05) is 0 Å². The molecule has 0 spiro atoms. The Morgan fingerprint density at radius 3 is 2.92 bits per heavy atom. The minimum absolute atomic E-state index is 0.145. The van der Waals surface area contributed by atoms with Gasteiger partial charge in [-0.15, -0.1) is 0 Å². The second-order valence-corrected chi connectivity index (χ2v) is 7.66. The zero-order valence-corrected chi connectivity index (χ0v) is 15.3. The fraction of sp³-hybridized carbons (Fsp3) is 0.625. The van der Waals surface area contributed by atoms with E-state index in [1.165, 1.54) is 0 Å². The lowest BCUT2D eigenvalue weighted by Gasteiger charge is -2.40. The number of halogens is 2. The Hall–Kier alpha value is -0.825. The molecule has 0 bridgehead atoms. The maximum atomic E-state index is 14.8. The topological polar surface area (TPSA) is 45.2 Å². The minimum atomic E-state index is -0.470. The average Bonchev–Trinajstić information content (AvgIpc) is 3.37. The maximum absolute atomic E-state index is 14.8. The van der Waals surface area contributed by atoms with Crippen LogP contribution in [0.1, 0.15) is 18.4 Å². The van der Waals surface area contributed by atoms with Crippen molar-refractivity contribution in [2.24, 2.45) is 0 Å². The van der Waals surface area contributed by atoms with Crippen LogP contribution in [-0.4, -0.2) is 60.2 Å². The van der Waals surface area contributed by atoms with Gasteiger partial charge in [0.1, 0.15) is 12.4 Å². The molecule has 1 aliphatic carbocycles. The zero-order chi connectivity index (χ0) is 16.8. The van der Waals surface area contributed by atoms with Crippen LogP contribution in [0.4, 0.5) is 4.39 Å². The van der Waals surface area contributed by atoms with Crippen molar-refractivity contribution < 1.29 is 18.9 Å². The molecule has 24 heavy (non-hydrogen) atoms. The highest BCUT2D eigenvalue weighted by Gasteiger charge is 2.35. The molecule has 5 nitrogen and oxygen atoms in total. The van der Waals surface area contributed by atoms with Crippen molar-refractivity contribution in [2.45, 2.75) is 38.4 Å². The molecule has 2 heterocycles. The number of hydrogen-bond acceptors (Lipinski definition) is 5. The molecule has 0 aromatic heterocycles. The van der Waals surface area contributed by atoms with Crippen molar-refractivity contribution >= 4 is 23.0 Å². The molecule has 8 heteroatoms. The van der Waals surface area contributed by atoms with Crippen LogP contribution in [0.3, 0.4) is 0 Å². The monoisotopic (exact) mass is 398 g/mol. The summed E-state index contributed by atoms with van der Waals surface area (Å²) in [6, 6.07) is 2.05. The Morgan fingerprint density at radius 2 is 2.21 bits per heavy atom. The zero-order valence-electron chi connectivity index (χ0n) is 13.7. The van der Waals surface area contributed by atoms with Gasteiger partial charge in [-0.25, -0.2) is 4.39 Å². The lowest BCUT2D eigenvalue weighted by molar-refractivity contribution is 0.0780. The molecular weight excluding hydrogens is 378 g/mol. The first kappa shape index (κ1) is 16.6. The summed E-state index contributed by atoms with van der Waals surface area (Å²) in [7, 11) is -0.470. The maximum Gasteiger partial charge on any atom is 0.376 e. The normalized spacial score (nSPS) is 24.6. The van der Waals surface area contributed by atoms with Gasteiger partial charge in [0, 0.05) is 31.7 Å². The molecule has 3 aliphatic rings. The van der Waals surface area contributed by atoms with Gasteiger partial charge in [0.05, 0.1) is 16.6 Å². The van der Waals surface area contributed by atoms with Crippen molar-refractivity contribution in [3.63, 3.8) is 0 Å². The standard InChI is InChI=1S/C16H21BBrFN2O3/c1-17(22)21-5-4-20-7-10-6-13(24-12-2-3-12)14(18)15(19)16(10)23-9-11(20)8-21/h6,11-12,22H,2-5,7-9H2,1H3/t11-/m1/s1. The molecule has 0 radical (unpaired) electrons. The van der Waals surface area contributed by atoms with E-state index in [4.69, 9.17) is 9.47 Å². The van der Waals surface area contributed by atoms with Crippen molar-refractivity contribution in [2.75, 3.05) is 26.2 Å². The van der Waals surface area contributed by atoms with E-state index in [2.05, 4.69) is 20.8 Å². The Labute approximate surface area is 150 Å².